The van der Waals surface area contributed by atoms with Crippen molar-refractivity contribution < 1.29 is 9.53 Å². The number of carbonyl (C=O) groups is 1. The van der Waals surface area contributed by atoms with Crippen molar-refractivity contribution in [3.05, 3.63) is 74.6 Å². The molecule has 29 heavy (non-hydrogen) atoms. The molecular weight excluding hydrogens is 402 g/mol. The van der Waals surface area contributed by atoms with Crippen LogP contribution < -0.4 is 4.74 Å². The van der Waals surface area contributed by atoms with Gasteiger partial charge < -0.3 is 4.74 Å². The van der Waals surface area contributed by atoms with Crippen molar-refractivity contribution >= 4 is 34.3 Å². The highest BCUT2D eigenvalue weighted by Crippen LogP contribution is 2.36. The van der Waals surface area contributed by atoms with Gasteiger partial charge in [-0.3, -0.25) is 9.69 Å². The summed E-state index contributed by atoms with van der Waals surface area (Å²) in [7, 11) is 3.62. The Bertz CT molecular complexity index is 966. The number of ether oxygens (including phenoxy) is 1. The van der Waals surface area contributed by atoms with E-state index in [1.54, 1.807) is 34.8 Å². The zero-order valence-electron chi connectivity index (χ0n) is 16.4. The largest absolute Gasteiger partial charge is 0.497 e. The number of amides is 1. The number of methoxy groups -OCH3 is 1. The van der Waals surface area contributed by atoms with Crippen LogP contribution in [0.15, 0.2) is 64.4 Å². The molecule has 7 heteroatoms. The van der Waals surface area contributed by atoms with E-state index in [0.717, 1.165) is 28.3 Å². The van der Waals surface area contributed by atoms with E-state index in [-0.39, 0.29) is 11.9 Å². The highest BCUT2D eigenvalue weighted by Gasteiger charge is 2.34. The molecule has 1 atom stereocenters. The van der Waals surface area contributed by atoms with Gasteiger partial charge >= 0.3 is 0 Å². The molecule has 1 aliphatic rings. The van der Waals surface area contributed by atoms with Crippen molar-refractivity contribution in [1.29, 1.82) is 0 Å². The van der Waals surface area contributed by atoms with E-state index in [1.807, 2.05) is 53.7 Å². The van der Waals surface area contributed by atoms with Crippen LogP contribution in [0.25, 0.3) is 0 Å². The summed E-state index contributed by atoms with van der Waals surface area (Å²) >= 11 is 3.34. The smallest absolute Gasteiger partial charge is 0.257 e. The summed E-state index contributed by atoms with van der Waals surface area (Å²) < 4.78 is 5.21. The minimum absolute atomic E-state index is 0.0194. The maximum Gasteiger partial charge on any atom is 0.257 e. The number of rotatable bonds is 7. The molecular formula is C22H23N3O2S2. The number of benzene rings is 1. The van der Waals surface area contributed by atoms with Crippen LogP contribution in [-0.2, 0) is 11.3 Å². The minimum atomic E-state index is -0.0195. The second kappa shape index (κ2) is 8.90. The van der Waals surface area contributed by atoms with Gasteiger partial charge in [0.15, 0.2) is 0 Å². The van der Waals surface area contributed by atoms with E-state index >= 15 is 0 Å². The van der Waals surface area contributed by atoms with Crippen molar-refractivity contribution in [2.75, 3.05) is 20.7 Å². The summed E-state index contributed by atoms with van der Waals surface area (Å²) in [5.74, 6) is 0.852. The van der Waals surface area contributed by atoms with Gasteiger partial charge in [0.05, 0.1) is 30.3 Å². The molecule has 0 saturated carbocycles. The third-order valence-electron chi connectivity index (χ3n) is 4.86. The van der Waals surface area contributed by atoms with Crippen molar-refractivity contribution in [2.24, 2.45) is 5.10 Å². The summed E-state index contributed by atoms with van der Waals surface area (Å²) in [5, 5.41) is 10.5. The first-order valence-electron chi connectivity index (χ1n) is 9.42. The zero-order valence-corrected chi connectivity index (χ0v) is 18.1. The van der Waals surface area contributed by atoms with E-state index < -0.39 is 0 Å². The van der Waals surface area contributed by atoms with Gasteiger partial charge in [-0.2, -0.15) is 5.10 Å². The first-order chi connectivity index (χ1) is 14.1. The molecule has 3 heterocycles. The molecule has 0 N–H and O–H groups in total. The lowest BCUT2D eigenvalue weighted by molar-refractivity contribution is -0.134. The molecule has 0 spiro atoms. The van der Waals surface area contributed by atoms with Crippen molar-refractivity contribution in [3.63, 3.8) is 0 Å². The van der Waals surface area contributed by atoms with Gasteiger partial charge in [-0.05, 0) is 47.6 Å². The Morgan fingerprint density at radius 1 is 1.17 bits per heavy atom. The van der Waals surface area contributed by atoms with Gasteiger partial charge in [0.2, 0.25) is 0 Å². The van der Waals surface area contributed by atoms with Gasteiger partial charge in [-0.1, -0.05) is 24.3 Å². The number of nitrogens with zero attached hydrogens (tertiary/aromatic N) is 3. The second-order valence-electron chi connectivity index (χ2n) is 7.02. The zero-order chi connectivity index (χ0) is 20.2. The second-order valence-corrected chi connectivity index (χ2v) is 8.94. The van der Waals surface area contributed by atoms with Gasteiger partial charge in [0.1, 0.15) is 5.75 Å². The summed E-state index contributed by atoms with van der Waals surface area (Å²) in [5.41, 5.74) is 2.13. The van der Waals surface area contributed by atoms with Crippen LogP contribution in [-0.4, -0.2) is 42.2 Å². The third-order valence-corrected chi connectivity index (χ3v) is 6.75. The fourth-order valence-electron chi connectivity index (χ4n) is 3.44. The normalized spacial score (nSPS) is 16.3. The molecule has 4 rings (SSSR count). The average molecular weight is 426 g/mol. The Kier molecular flexibility index (Phi) is 6.08. The predicted octanol–water partition coefficient (Wildman–Crippen LogP) is 4.63. The molecule has 1 unspecified atom stereocenters. The molecule has 5 nitrogen and oxygen atoms in total. The first-order valence-corrected chi connectivity index (χ1v) is 11.2. The summed E-state index contributed by atoms with van der Waals surface area (Å²) in [6.07, 6.45) is 0.759. The van der Waals surface area contributed by atoms with Gasteiger partial charge in [-0.25, -0.2) is 5.01 Å². The highest BCUT2D eigenvalue weighted by molar-refractivity contribution is 7.12. The first kappa shape index (κ1) is 19.8. The Hall–Kier alpha value is -2.48. The van der Waals surface area contributed by atoms with E-state index in [4.69, 9.17) is 9.84 Å². The standard InChI is InChI=1S/C22H23N3O2S2/c1-24(14-16-7-9-17(27-2)10-8-16)15-22(26)25-19(21-6-4-12-29-21)13-18(23-25)20-5-3-11-28-20/h3-12,19H,13-15H2,1-2H3. The highest BCUT2D eigenvalue weighted by atomic mass is 32.1. The van der Waals surface area contributed by atoms with Crippen molar-refractivity contribution in [3.8, 4) is 5.75 Å². The van der Waals surface area contributed by atoms with Crippen LogP contribution in [0.4, 0.5) is 0 Å². The van der Waals surface area contributed by atoms with Crippen LogP contribution in [0.2, 0.25) is 0 Å². The quantitative estimate of drug-likeness (QED) is 0.554. The monoisotopic (exact) mass is 425 g/mol. The number of thiophene rings is 2. The SMILES string of the molecule is COc1ccc(CN(C)CC(=O)N2N=C(c3cccs3)CC2c2cccs2)cc1. The number of hydrazone groups is 1. The van der Waals surface area contributed by atoms with Crippen LogP contribution in [0.1, 0.15) is 27.8 Å². The van der Waals surface area contributed by atoms with Gasteiger partial charge in [0.25, 0.3) is 5.91 Å². The van der Waals surface area contributed by atoms with E-state index in [1.165, 1.54) is 4.88 Å². The molecule has 1 amide bonds. The van der Waals surface area contributed by atoms with Crippen molar-refractivity contribution in [2.45, 2.75) is 19.0 Å². The molecule has 0 aliphatic carbocycles. The van der Waals surface area contributed by atoms with Crippen LogP contribution in [0, 0.1) is 0 Å². The van der Waals surface area contributed by atoms with Gasteiger partial charge in [-0.15, -0.1) is 22.7 Å². The van der Waals surface area contributed by atoms with Crippen molar-refractivity contribution in [1.82, 2.24) is 9.91 Å². The molecule has 3 aromatic rings. The summed E-state index contributed by atoms with van der Waals surface area (Å²) in [4.78, 5) is 17.5. The fourth-order valence-corrected chi connectivity index (χ4v) is 4.97. The van der Waals surface area contributed by atoms with Crippen LogP contribution >= 0.6 is 22.7 Å². The van der Waals surface area contributed by atoms with Gasteiger partial charge in [0, 0.05) is 17.8 Å². The Morgan fingerprint density at radius 2 is 1.93 bits per heavy atom. The fraction of sp³-hybridized carbons (Fsp3) is 0.273. The number of hydrogen-bond donors (Lipinski definition) is 0. The molecule has 2 aromatic heterocycles. The lowest BCUT2D eigenvalue weighted by Gasteiger charge is -2.24. The molecule has 1 aliphatic heterocycles. The van der Waals surface area contributed by atoms with E-state index in [0.29, 0.717) is 13.1 Å². The maximum atomic E-state index is 13.1. The molecule has 0 saturated heterocycles. The van der Waals surface area contributed by atoms with Crippen LogP contribution in [0.5, 0.6) is 5.75 Å². The molecule has 0 bridgehead atoms. The van der Waals surface area contributed by atoms with Crippen LogP contribution in [0.3, 0.4) is 0 Å². The van der Waals surface area contributed by atoms with E-state index in [9.17, 15) is 4.79 Å². The minimum Gasteiger partial charge on any atom is -0.497 e. The average Bonchev–Trinajstić information content (AvgIpc) is 3.49. The number of likely N-dealkylation sites (N-methyl/N-ethyl adjacent to an activating group) is 1. The lowest BCUT2D eigenvalue weighted by atomic mass is 10.1. The molecule has 150 valence electrons. The van der Waals surface area contributed by atoms with E-state index in [2.05, 4.69) is 17.5 Å². The lowest BCUT2D eigenvalue weighted by Crippen LogP contribution is -2.36. The Morgan fingerprint density at radius 3 is 2.59 bits per heavy atom. The molecule has 0 radical (unpaired) electrons. The maximum absolute atomic E-state index is 13.1. The Balaban J connectivity index is 1.46. The number of carbonyl (C=O) groups excluding carboxylic acids is 1. The predicted molar refractivity (Wildman–Crippen MR) is 119 cm³/mol. The summed E-state index contributed by atoms with van der Waals surface area (Å²) in [6, 6.07) is 16.1. The molecule has 0 fully saturated rings. The number of hydrogen-bond acceptors (Lipinski definition) is 6. The molecule has 1 aromatic carbocycles. The topological polar surface area (TPSA) is 45.1 Å². The Labute approximate surface area is 178 Å². The third kappa shape index (κ3) is 4.58. The summed E-state index contributed by atoms with van der Waals surface area (Å²) in [6.45, 7) is 1.00.